The highest BCUT2D eigenvalue weighted by Gasteiger charge is 2.24. The lowest BCUT2D eigenvalue weighted by atomic mass is 9.83. The predicted octanol–water partition coefficient (Wildman–Crippen LogP) is 2.34. The predicted molar refractivity (Wildman–Crippen MR) is 79.7 cm³/mol. The summed E-state index contributed by atoms with van der Waals surface area (Å²) in [5.74, 6) is 0.495. The standard InChI is InChI=1S/C16H24N2O2/c1-11-13(8-5-9-15(11)19)16(20)18-14(10-17)12-6-3-2-4-7-12/h5,8-9,12,14,19H,2-4,6-7,10,17H2,1H3,(H,18,20). The number of nitrogens with one attached hydrogen (secondary N) is 1. The molecule has 0 aromatic heterocycles. The van der Waals surface area contributed by atoms with Gasteiger partial charge in [-0.1, -0.05) is 25.3 Å². The number of benzene rings is 1. The summed E-state index contributed by atoms with van der Waals surface area (Å²) < 4.78 is 0. The maximum Gasteiger partial charge on any atom is 0.251 e. The number of phenols is 1. The summed E-state index contributed by atoms with van der Waals surface area (Å²) in [5.41, 5.74) is 6.98. The average Bonchev–Trinajstić information content (AvgIpc) is 2.48. The van der Waals surface area contributed by atoms with Crippen molar-refractivity contribution in [3.8, 4) is 5.75 Å². The Balaban J connectivity index is 2.06. The summed E-state index contributed by atoms with van der Waals surface area (Å²) in [4.78, 5) is 12.4. The van der Waals surface area contributed by atoms with Crippen molar-refractivity contribution < 1.29 is 9.90 Å². The van der Waals surface area contributed by atoms with E-state index in [9.17, 15) is 9.90 Å². The maximum absolute atomic E-state index is 12.4. The molecular formula is C16H24N2O2. The monoisotopic (exact) mass is 276 g/mol. The van der Waals surface area contributed by atoms with Crippen molar-refractivity contribution in [3.05, 3.63) is 29.3 Å². The van der Waals surface area contributed by atoms with Crippen molar-refractivity contribution in [3.63, 3.8) is 0 Å². The van der Waals surface area contributed by atoms with Gasteiger partial charge in [0.05, 0.1) is 0 Å². The van der Waals surface area contributed by atoms with Crippen molar-refractivity contribution in [2.24, 2.45) is 11.7 Å². The topological polar surface area (TPSA) is 75.3 Å². The molecule has 1 saturated carbocycles. The quantitative estimate of drug-likeness (QED) is 0.790. The van der Waals surface area contributed by atoms with E-state index in [0.29, 0.717) is 23.6 Å². The van der Waals surface area contributed by atoms with Gasteiger partial charge in [-0.25, -0.2) is 0 Å². The van der Waals surface area contributed by atoms with E-state index >= 15 is 0 Å². The van der Waals surface area contributed by atoms with Crippen LogP contribution in [-0.4, -0.2) is 23.6 Å². The Morgan fingerprint density at radius 3 is 2.75 bits per heavy atom. The van der Waals surface area contributed by atoms with Crippen molar-refractivity contribution >= 4 is 5.91 Å². The van der Waals surface area contributed by atoms with E-state index < -0.39 is 0 Å². The molecule has 4 heteroatoms. The maximum atomic E-state index is 12.4. The lowest BCUT2D eigenvalue weighted by Gasteiger charge is -2.30. The SMILES string of the molecule is Cc1c(O)cccc1C(=O)NC(CN)C1CCCCC1. The highest BCUT2D eigenvalue weighted by Crippen LogP contribution is 2.26. The molecule has 0 aliphatic heterocycles. The molecule has 1 fully saturated rings. The fourth-order valence-electron chi connectivity index (χ4n) is 3.02. The number of carbonyl (C=O) groups excluding carboxylic acids is 1. The first-order valence-corrected chi connectivity index (χ1v) is 7.43. The summed E-state index contributed by atoms with van der Waals surface area (Å²) in [5, 5.41) is 12.7. The highest BCUT2D eigenvalue weighted by molar-refractivity contribution is 5.96. The zero-order valence-corrected chi connectivity index (χ0v) is 12.1. The second-order valence-electron chi connectivity index (χ2n) is 5.66. The molecule has 2 rings (SSSR count). The molecular weight excluding hydrogens is 252 g/mol. The zero-order valence-electron chi connectivity index (χ0n) is 12.1. The normalized spacial score (nSPS) is 17.7. The molecule has 1 aromatic carbocycles. The molecule has 4 nitrogen and oxygen atoms in total. The number of hydrogen-bond donors (Lipinski definition) is 3. The van der Waals surface area contributed by atoms with E-state index in [0.717, 1.165) is 12.8 Å². The minimum Gasteiger partial charge on any atom is -0.508 e. The molecule has 0 bridgehead atoms. The fraction of sp³-hybridized carbons (Fsp3) is 0.562. The number of carbonyl (C=O) groups is 1. The van der Waals surface area contributed by atoms with Gasteiger partial charge in [0.2, 0.25) is 0 Å². The van der Waals surface area contributed by atoms with Gasteiger partial charge in [-0.2, -0.15) is 0 Å². The summed E-state index contributed by atoms with van der Waals surface area (Å²) in [6, 6.07) is 5.05. The molecule has 1 atom stereocenters. The molecule has 1 amide bonds. The van der Waals surface area contributed by atoms with Crippen LogP contribution in [0.1, 0.15) is 48.0 Å². The summed E-state index contributed by atoms with van der Waals surface area (Å²) >= 11 is 0. The molecule has 1 aliphatic rings. The number of nitrogens with two attached hydrogens (primary N) is 1. The van der Waals surface area contributed by atoms with Crippen LogP contribution in [0, 0.1) is 12.8 Å². The van der Waals surface area contributed by atoms with Crippen molar-refractivity contribution in [2.75, 3.05) is 6.54 Å². The van der Waals surface area contributed by atoms with Gasteiger partial charge in [0, 0.05) is 23.7 Å². The number of rotatable bonds is 4. The molecule has 1 aromatic rings. The Kier molecular flexibility index (Phi) is 5.01. The summed E-state index contributed by atoms with van der Waals surface area (Å²) in [6.07, 6.45) is 6.01. The Labute approximate surface area is 120 Å². The molecule has 0 spiro atoms. The van der Waals surface area contributed by atoms with Gasteiger partial charge in [0.25, 0.3) is 5.91 Å². The van der Waals surface area contributed by atoms with Crippen LogP contribution in [0.4, 0.5) is 0 Å². The first kappa shape index (κ1) is 14.9. The number of phenolic OH excluding ortho intramolecular Hbond substituents is 1. The van der Waals surface area contributed by atoms with Crippen LogP contribution in [0.5, 0.6) is 5.75 Å². The van der Waals surface area contributed by atoms with Crippen LogP contribution in [0.25, 0.3) is 0 Å². The Bertz CT molecular complexity index is 468. The molecule has 0 radical (unpaired) electrons. The third kappa shape index (κ3) is 3.31. The van der Waals surface area contributed by atoms with Crippen molar-refractivity contribution in [1.29, 1.82) is 0 Å². The van der Waals surface area contributed by atoms with E-state index in [2.05, 4.69) is 5.32 Å². The van der Waals surface area contributed by atoms with Crippen LogP contribution in [0.3, 0.4) is 0 Å². The molecule has 1 aliphatic carbocycles. The van der Waals surface area contributed by atoms with Crippen LogP contribution < -0.4 is 11.1 Å². The van der Waals surface area contributed by atoms with E-state index in [1.807, 2.05) is 0 Å². The molecule has 4 N–H and O–H groups in total. The first-order chi connectivity index (χ1) is 9.63. The van der Waals surface area contributed by atoms with E-state index in [4.69, 9.17) is 5.73 Å². The average molecular weight is 276 g/mol. The van der Waals surface area contributed by atoms with Crippen LogP contribution in [-0.2, 0) is 0 Å². The van der Waals surface area contributed by atoms with Gasteiger partial charge >= 0.3 is 0 Å². The van der Waals surface area contributed by atoms with Gasteiger partial charge in [-0.3, -0.25) is 4.79 Å². The van der Waals surface area contributed by atoms with Crippen molar-refractivity contribution in [1.82, 2.24) is 5.32 Å². The van der Waals surface area contributed by atoms with E-state index in [1.165, 1.54) is 19.3 Å². The number of hydrogen-bond acceptors (Lipinski definition) is 3. The minimum atomic E-state index is -0.139. The summed E-state index contributed by atoms with van der Waals surface area (Å²) in [7, 11) is 0. The smallest absolute Gasteiger partial charge is 0.251 e. The van der Waals surface area contributed by atoms with Crippen LogP contribution in [0.2, 0.25) is 0 Å². The zero-order chi connectivity index (χ0) is 14.5. The molecule has 0 heterocycles. The van der Waals surface area contributed by atoms with Gasteiger partial charge in [-0.15, -0.1) is 0 Å². The van der Waals surface area contributed by atoms with Gasteiger partial charge in [0.1, 0.15) is 5.75 Å². The second kappa shape index (κ2) is 6.75. The fourth-order valence-corrected chi connectivity index (χ4v) is 3.02. The lowest BCUT2D eigenvalue weighted by Crippen LogP contribution is -2.46. The molecule has 20 heavy (non-hydrogen) atoms. The Morgan fingerprint density at radius 1 is 1.40 bits per heavy atom. The number of aromatic hydroxyl groups is 1. The van der Waals surface area contributed by atoms with E-state index in [-0.39, 0.29) is 17.7 Å². The third-order valence-electron chi connectivity index (χ3n) is 4.34. The molecule has 110 valence electrons. The highest BCUT2D eigenvalue weighted by atomic mass is 16.3. The first-order valence-electron chi connectivity index (χ1n) is 7.43. The van der Waals surface area contributed by atoms with Gasteiger partial charge in [0.15, 0.2) is 0 Å². The molecule has 0 saturated heterocycles. The minimum absolute atomic E-state index is 0.0320. The van der Waals surface area contributed by atoms with Crippen LogP contribution >= 0.6 is 0 Å². The number of amides is 1. The largest absolute Gasteiger partial charge is 0.508 e. The summed E-state index contributed by atoms with van der Waals surface area (Å²) in [6.45, 7) is 2.22. The van der Waals surface area contributed by atoms with Gasteiger partial charge in [-0.05, 0) is 37.8 Å². The van der Waals surface area contributed by atoms with Crippen LogP contribution in [0.15, 0.2) is 18.2 Å². The van der Waals surface area contributed by atoms with E-state index in [1.54, 1.807) is 25.1 Å². The van der Waals surface area contributed by atoms with Gasteiger partial charge < -0.3 is 16.2 Å². The van der Waals surface area contributed by atoms with Crippen molar-refractivity contribution in [2.45, 2.75) is 45.1 Å². The lowest BCUT2D eigenvalue weighted by molar-refractivity contribution is 0.0914. The molecule has 1 unspecified atom stereocenters. The Hall–Kier alpha value is -1.55. The second-order valence-corrected chi connectivity index (χ2v) is 5.66. The third-order valence-corrected chi connectivity index (χ3v) is 4.34. The Morgan fingerprint density at radius 2 is 2.10 bits per heavy atom.